The van der Waals surface area contributed by atoms with Gasteiger partial charge in [0.15, 0.2) is 5.11 Å². The number of phenols is 2. The largest absolute Gasteiger partial charge is 0.508 e. The lowest BCUT2D eigenvalue weighted by Crippen LogP contribution is -2.49. The summed E-state index contributed by atoms with van der Waals surface area (Å²) in [5.41, 5.74) is 6.73. The maximum atomic E-state index is 9.77. The Hall–Kier alpha value is -3.61. The van der Waals surface area contributed by atoms with Crippen LogP contribution in [0.25, 0.3) is 6.08 Å². The van der Waals surface area contributed by atoms with E-state index in [0.717, 1.165) is 42.0 Å². The van der Waals surface area contributed by atoms with Crippen molar-refractivity contribution in [2.75, 3.05) is 13.1 Å². The number of benzene rings is 3. The molecule has 6 heteroatoms. The van der Waals surface area contributed by atoms with Crippen molar-refractivity contribution < 1.29 is 10.2 Å². The fourth-order valence-electron chi connectivity index (χ4n) is 4.46. The highest BCUT2D eigenvalue weighted by atomic mass is 32.1. The number of nitrogens with zero attached hydrogens (tertiary/aromatic N) is 1. The molecule has 2 aliphatic rings. The number of nitrogens with one attached hydrogen (secondary N) is 2. The molecule has 1 atom stereocenters. The van der Waals surface area contributed by atoms with Gasteiger partial charge in [-0.05, 0) is 70.4 Å². The van der Waals surface area contributed by atoms with Crippen molar-refractivity contribution in [2.45, 2.75) is 12.6 Å². The van der Waals surface area contributed by atoms with Crippen LogP contribution in [0.15, 0.2) is 95.7 Å². The Morgan fingerprint density at radius 2 is 1.55 bits per heavy atom. The molecule has 4 N–H and O–H groups in total. The number of rotatable bonds is 4. The van der Waals surface area contributed by atoms with Crippen LogP contribution in [-0.4, -0.2) is 33.3 Å². The molecule has 0 spiro atoms. The minimum Gasteiger partial charge on any atom is -0.508 e. The van der Waals surface area contributed by atoms with E-state index >= 15 is 0 Å². The Morgan fingerprint density at radius 1 is 0.879 bits per heavy atom. The summed E-state index contributed by atoms with van der Waals surface area (Å²) in [5, 5.41) is 26.8. The van der Waals surface area contributed by atoms with Gasteiger partial charge in [0.2, 0.25) is 0 Å². The minimum absolute atomic E-state index is 0.0869. The minimum atomic E-state index is -0.0869. The fourth-order valence-corrected chi connectivity index (χ4v) is 4.68. The topological polar surface area (TPSA) is 67.8 Å². The highest BCUT2D eigenvalue weighted by Crippen LogP contribution is 2.35. The van der Waals surface area contributed by atoms with Gasteiger partial charge in [0.05, 0.1) is 6.04 Å². The molecule has 0 aliphatic carbocycles. The molecular weight excluding hydrogens is 430 g/mol. The molecule has 3 aromatic carbocycles. The summed E-state index contributed by atoms with van der Waals surface area (Å²) in [5.74, 6) is 0.492. The molecule has 0 saturated heterocycles. The lowest BCUT2D eigenvalue weighted by molar-refractivity contribution is 0.292. The third-order valence-electron chi connectivity index (χ3n) is 6.00. The first kappa shape index (κ1) is 21.2. The number of hydrogen-bond donors (Lipinski definition) is 4. The van der Waals surface area contributed by atoms with E-state index in [1.165, 1.54) is 11.1 Å². The monoisotopic (exact) mass is 455 g/mol. The third-order valence-corrected chi connectivity index (χ3v) is 6.22. The van der Waals surface area contributed by atoms with Crippen molar-refractivity contribution in [2.24, 2.45) is 0 Å². The quantitative estimate of drug-likeness (QED) is 0.436. The maximum Gasteiger partial charge on any atom is 0.171 e. The van der Waals surface area contributed by atoms with Crippen LogP contribution in [0.1, 0.15) is 22.7 Å². The van der Waals surface area contributed by atoms with Crippen LogP contribution in [0.4, 0.5) is 0 Å². The van der Waals surface area contributed by atoms with Gasteiger partial charge in [-0.15, -0.1) is 0 Å². The highest BCUT2D eigenvalue weighted by molar-refractivity contribution is 7.80. The summed E-state index contributed by atoms with van der Waals surface area (Å²) >= 11 is 5.57. The highest BCUT2D eigenvalue weighted by Gasteiger charge is 2.33. The average molecular weight is 456 g/mol. The van der Waals surface area contributed by atoms with E-state index in [2.05, 4.69) is 45.9 Å². The Labute approximate surface area is 198 Å². The van der Waals surface area contributed by atoms with E-state index in [4.69, 9.17) is 12.2 Å². The van der Waals surface area contributed by atoms with E-state index in [-0.39, 0.29) is 17.5 Å². The lowest BCUT2D eigenvalue weighted by Gasteiger charge is -2.40. The van der Waals surface area contributed by atoms with E-state index in [1.54, 1.807) is 24.3 Å². The van der Waals surface area contributed by atoms with Gasteiger partial charge >= 0.3 is 0 Å². The predicted octanol–water partition coefficient (Wildman–Crippen LogP) is 4.47. The van der Waals surface area contributed by atoms with Gasteiger partial charge in [-0.2, -0.15) is 0 Å². The predicted molar refractivity (Wildman–Crippen MR) is 135 cm³/mol. The summed E-state index contributed by atoms with van der Waals surface area (Å²) in [7, 11) is 0. The molecule has 2 aliphatic heterocycles. The first-order valence-corrected chi connectivity index (χ1v) is 11.3. The smallest absolute Gasteiger partial charge is 0.171 e. The Morgan fingerprint density at radius 3 is 2.24 bits per heavy atom. The standard InChI is InChI=1S/C27H25N3O2S/c31-22-10-6-18(7-11-22)14-21-16-30(15-19-4-2-1-3-5-19)17-24-25(28-27(33)29-26(21)24)20-8-12-23(32)13-9-20/h1-14,25,31-32H,15-17H2,(H2,28,29,33)/b21-14+. The molecule has 0 bridgehead atoms. The Bertz CT molecular complexity index is 1220. The van der Waals surface area contributed by atoms with Gasteiger partial charge in [0.1, 0.15) is 11.5 Å². The van der Waals surface area contributed by atoms with Crippen LogP contribution in [0, 0.1) is 0 Å². The second-order valence-electron chi connectivity index (χ2n) is 8.42. The third kappa shape index (κ3) is 4.77. The zero-order chi connectivity index (χ0) is 22.8. The van der Waals surface area contributed by atoms with E-state index in [1.807, 2.05) is 30.3 Å². The SMILES string of the molecule is Oc1ccc(/C=C2\CN(Cc3ccccc3)CC3=C2NC(=S)NC3c2ccc(O)cc2)cc1. The van der Waals surface area contributed by atoms with Crippen LogP contribution in [0.3, 0.4) is 0 Å². The first-order valence-electron chi connectivity index (χ1n) is 10.9. The number of aromatic hydroxyl groups is 2. The summed E-state index contributed by atoms with van der Waals surface area (Å²) < 4.78 is 0. The molecule has 0 fully saturated rings. The molecule has 5 rings (SSSR count). The molecule has 1 unspecified atom stereocenters. The normalized spacial score (nSPS) is 19.7. The lowest BCUT2D eigenvalue weighted by atomic mass is 9.88. The second-order valence-corrected chi connectivity index (χ2v) is 8.82. The Balaban J connectivity index is 1.57. The van der Waals surface area contributed by atoms with Crippen molar-refractivity contribution in [3.63, 3.8) is 0 Å². The van der Waals surface area contributed by atoms with Gasteiger partial charge in [0, 0.05) is 25.3 Å². The summed E-state index contributed by atoms with van der Waals surface area (Å²) in [6.45, 7) is 2.38. The molecule has 5 nitrogen and oxygen atoms in total. The van der Waals surface area contributed by atoms with Gasteiger partial charge in [-0.3, -0.25) is 4.90 Å². The van der Waals surface area contributed by atoms with Crippen LogP contribution in [0.5, 0.6) is 11.5 Å². The van der Waals surface area contributed by atoms with Crippen LogP contribution < -0.4 is 10.6 Å². The van der Waals surface area contributed by atoms with Crippen molar-refractivity contribution in [1.29, 1.82) is 0 Å². The van der Waals surface area contributed by atoms with Crippen molar-refractivity contribution >= 4 is 23.4 Å². The number of thiocarbonyl (C=S) groups is 1. The molecule has 0 radical (unpaired) electrons. The zero-order valence-electron chi connectivity index (χ0n) is 18.0. The molecule has 2 heterocycles. The summed E-state index contributed by atoms with van der Waals surface area (Å²) in [6, 6.07) is 24.9. The first-order chi connectivity index (χ1) is 16.0. The summed E-state index contributed by atoms with van der Waals surface area (Å²) in [4.78, 5) is 2.42. The number of hydrogen-bond acceptors (Lipinski definition) is 4. The van der Waals surface area contributed by atoms with Crippen LogP contribution in [-0.2, 0) is 6.54 Å². The van der Waals surface area contributed by atoms with E-state index < -0.39 is 0 Å². The molecule has 166 valence electrons. The molecule has 33 heavy (non-hydrogen) atoms. The van der Waals surface area contributed by atoms with E-state index in [0.29, 0.717) is 5.11 Å². The van der Waals surface area contributed by atoms with Gasteiger partial charge < -0.3 is 20.8 Å². The molecule has 3 aromatic rings. The van der Waals surface area contributed by atoms with Crippen molar-refractivity contribution in [3.05, 3.63) is 112 Å². The number of phenolic OH excluding ortho intramolecular Hbond substituents is 2. The van der Waals surface area contributed by atoms with Crippen LogP contribution in [0.2, 0.25) is 0 Å². The maximum absolute atomic E-state index is 9.77. The van der Waals surface area contributed by atoms with Gasteiger partial charge in [-0.25, -0.2) is 0 Å². The van der Waals surface area contributed by atoms with Crippen LogP contribution >= 0.6 is 12.2 Å². The molecule has 0 amide bonds. The van der Waals surface area contributed by atoms with Crippen molar-refractivity contribution in [3.8, 4) is 11.5 Å². The molecule has 0 saturated carbocycles. The fraction of sp³-hybridized carbons (Fsp3) is 0.148. The summed E-state index contributed by atoms with van der Waals surface area (Å²) in [6.07, 6.45) is 2.15. The second kappa shape index (κ2) is 9.10. The van der Waals surface area contributed by atoms with Gasteiger partial charge in [-0.1, -0.05) is 54.6 Å². The molecule has 0 aromatic heterocycles. The van der Waals surface area contributed by atoms with E-state index in [9.17, 15) is 10.2 Å². The Kier molecular flexibility index (Phi) is 5.86. The van der Waals surface area contributed by atoms with Crippen molar-refractivity contribution in [1.82, 2.24) is 15.5 Å². The van der Waals surface area contributed by atoms with Gasteiger partial charge in [0.25, 0.3) is 0 Å². The average Bonchev–Trinajstić information content (AvgIpc) is 2.82. The zero-order valence-corrected chi connectivity index (χ0v) is 18.8. The molecular formula is C27H25N3O2S.